The van der Waals surface area contributed by atoms with Gasteiger partial charge in [-0.15, -0.1) is 0 Å². The lowest BCUT2D eigenvalue weighted by atomic mass is 9.76. The third-order valence-corrected chi connectivity index (χ3v) is 3.78. The minimum absolute atomic E-state index is 0.00361. The normalized spacial score (nSPS) is 23.7. The van der Waals surface area contributed by atoms with E-state index < -0.39 is 0 Å². The Balaban J connectivity index is 2.41. The molecule has 0 aromatic rings. The minimum Gasteiger partial charge on any atom is -0.394 e. The molecule has 2 N–H and O–H groups in total. The van der Waals surface area contributed by atoms with Crippen molar-refractivity contribution in [2.45, 2.75) is 46.6 Å². The largest absolute Gasteiger partial charge is 0.394 e. The summed E-state index contributed by atoms with van der Waals surface area (Å²) in [4.78, 5) is 14.0. The summed E-state index contributed by atoms with van der Waals surface area (Å²) in [6.07, 6.45) is 2.43. The first kappa shape index (κ1) is 15.4. The topological polar surface area (TPSA) is 52.6 Å². The monoisotopic (exact) mass is 256 g/mol. The van der Waals surface area contributed by atoms with E-state index in [4.69, 9.17) is 5.11 Å². The highest BCUT2D eigenvalue weighted by atomic mass is 16.3. The molecule has 1 unspecified atom stereocenters. The smallest absolute Gasteiger partial charge is 0.234 e. The second-order valence-electron chi connectivity index (χ2n) is 6.59. The van der Waals surface area contributed by atoms with Crippen molar-refractivity contribution in [3.8, 4) is 0 Å². The van der Waals surface area contributed by atoms with Crippen LogP contribution in [0, 0.1) is 11.3 Å². The van der Waals surface area contributed by atoms with Gasteiger partial charge in [0.2, 0.25) is 5.91 Å². The van der Waals surface area contributed by atoms with E-state index in [1.54, 1.807) is 0 Å². The fourth-order valence-corrected chi connectivity index (χ4v) is 2.48. The summed E-state index contributed by atoms with van der Waals surface area (Å²) in [6.45, 7) is 11.1. The number of aliphatic hydroxyl groups is 1. The van der Waals surface area contributed by atoms with E-state index in [9.17, 15) is 4.79 Å². The molecule has 0 aromatic carbocycles. The molecule has 0 spiro atoms. The van der Waals surface area contributed by atoms with Gasteiger partial charge in [-0.05, 0) is 37.6 Å². The number of hydrogen-bond donors (Lipinski definition) is 2. The second-order valence-corrected chi connectivity index (χ2v) is 6.59. The minimum atomic E-state index is -0.152. The van der Waals surface area contributed by atoms with E-state index in [1.165, 1.54) is 12.8 Å². The fraction of sp³-hybridized carbons (Fsp3) is 0.929. The summed E-state index contributed by atoms with van der Waals surface area (Å²) >= 11 is 0. The van der Waals surface area contributed by atoms with Crippen LogP contribution in [0.15, 0.2) is 0 Å². The molecule has 1 fully saturated rings. The molecule has 0 bridgehead atoms. The number of aliphatic hydroxyl groups excluding tert-OH is 1. The highest BCUT2D eigenvalue weighted by Crippen LogP contribution is 2.32. The average Bonchev–Trinajstić information content (AvgIpc) is 2.27. The molecular weight excluding hydrogens is 228 g/mol. The van der Waals surface area contributed by atoms with Gasteiger partial charge in [-0.1, -0.05) is 20.8 Å². The lowest BCUT2D eigenvalue weighted by Crippen LogP contribution is -2.47. The Kier molecular flexibility index (Phi) is 5.60. The third kappa shape index (κ3) is 4.94. The van der Waals surface area contributed by atoms with Crippen LogP contribution in [-0.4, -0.2) is 48.2 Å². The van der Waals surface area contributed by atoms with Crippen LogP contribution in [0.25, 0.3) is 0 Å². The lowest BCUT2D eigenvalue weighted by molar-refractivity contribution is -0.123. The maximum atomic E-state index is 11.8. The Labute approximate surface area is 111 Å². The molecule has 1 aliphatic heterocycles. The van der Waals surface area contributed by atoms with E-state index in [1.807, 2.05) is 6.92 Å². The standard InChI is InChI=1S/C14H28N2O2/c1-11(10-17)15-13(18)9-16-7-5-6-12(8-16)14(2,3)4/h11-12,17H,5-10H2,1-4H3,(H,15,18)/t11?,12-/m1/s1. The summed E-state index contributed by atoms with van der Waals surface area (Å²) < 4.78 is 0. The number of rotatable bonds is 4. The molecule has 0 radical (unpaired) electrons. The highest BCUT2D eigenvalue weighted by Gasteiger charge is 2.30. The second kappa shape index (κ2) is 6.53. The molecule has 1 saturated heterocycles. The van der Waals surface area contributed by atoms with Crippen molar-refractivity contribution in [2.75, 3.05) is 26.2 Å². The molecule has 2 atom stereocenters. The summed E-state index contributed by atoms with van der Waals surface area (Å²) in [5.41, 5.74) is 0.313. The SMILES string of the molecule is CC(CO)NC(=O)CN1CCC[C@@H](C(C)(C)C)C1. The van der Waals surface area contributed by atoms with Crippen LogP contribution in [0.4, 0.5) is 0 Å². The molecule has 1 amide bonds. The van der Waals surface area contributed by atoms with Crippen molar-refractivity contribution in [2.24, 2.45) is 11.3 Å². The fourth-order valence-electron chi connectivity index (χ4n) is 2.48. The Morgan fingerprint density at radius 1 is 1.50 bits per heavy atom. The Morgan fingerprint density at radius 3 is 2.72 bits per heavy atom. The first-order valence-corrected chi connectivity index (χ1v) is 6.95. The third-order valence-electron chi connectivity index (χ3n) is 3.78. The Morgan fingerprint density at radius 2 is 2.17 bits per heavy atom. The van der Waals surface area contributed by atoms with Gasteiger partial charge in [0.15, 0.2) is 0 Å². The maximum Gasteiger partial charge on any atom is 0.234 e. The first-order chi connectivity index (χ1) is 8.32. The van der Waals surface area contributed by atoms with Gasteiger partial charge in [0.25, 0.3) is 0 Å². The zero-order chi connectivity index (χ0) is 13.8. The molecular formula is C14H28N2O2. The molecule has 18 heavy (non-hydrogen) atoms. The quantitative estimate of drug-likeness (QED) is 0.796. The average molecular weight is 256 g/mol. The van der Waals surface area contributed by atoms with E-state index in [-0.39, 0.29) is 18.6 Å². The van der Waals surface area contributed by atoms with Crippen LogP contribution in [0.5, 0.6) is 0 Å². The van der Waals surface area contributed by atoms with Gasteiger partial charge >= 0.3 is 0 Å². The zero-order valence-electron chi connectivity index (χ0n) is 12.2. The van der Waals surface area contributed by atoms with Gasteiger partial charge in [-0.25, -0.2) is 0 Å². The van der Waals surface area contributed by atoms with Gasteiger partial charge in [0.05, 0.1) is 13.2 Å². The van der Waals surface area contributed by atoms with E-state index >= 15 is 0 Å². The van der Waals surface area contributed by atoms with Crippen molar-refractivity contribution in [3.05, 3.63) is 0 Å². The van der Waals surface area contributed by atoms with Crippen LogP contribution >= 0.6 is 0 Å². The van der Waals surface area contributed by atoms with Gasteiger partial charge < -0.3 is 10.4 Å². The predicted octanol–water partition coefficient (Wildman–Crippen LogP) is 1.24. The Bertz CT molecular complexity index is 273. The molecule has 4 heteroatoms. The number of likely N-dealkylation sites (tertiary alicyclic amines) is 1. The predicted molar refractivity (Wildman–Crippen MR) is 73.3 cm³/mol. The maximum absolute atomic E-state index is 11.8. The van der Waals surface area contributed by atoms with Crippen LogP contribution in [0.3, 0.4) is 0 Å². The van der Waals surface area contributed by atoms with Gasteiger partial charge in [-0.2, -0.15) is 0 Å². The van der Waals surface area contributed by atoms with Crippen molar-refractivity contribution < 1.29 is 9.90 Å². The van der Waals surface area contributed by atoms with E-state index in [0.717, 1.165) is 13.1 Å². The van der Waals surface area contributed by atoms with E-state index in [0.29, 0.717) is 17.9 Å². The number of carbonyl (C=O) groups is 1. The summed E-state index contributed by atoms with van der Waals surface area (Å²) in [7, 11) is 0. The number of piperidine rings is 1. The summed E-state index contributed by atoms with van der Waals surface area (Å²) in [6, 6.07) is -0.152. The number of amides is 1. The van der Waals surface area contributed by atoms with Crippen LogP contribution in [0.1, 0.15) is 40.5 Å². The number of carbonyl (C=O) groups excluding carboxylic acids is 1. The molecule has 0 aliphatic carbocycles. The van der Waals surface area contributed by atoms with Gasteiger partial charge in [-0.3, -0.25) is 9.69 Å². The molecule has 1 heterocycles. The highest BCUT2D eigenvalue weighted by molar-refractivity contribution is 5.78. The lowest BCUT2D eigenvalue weighted by Gasteiger charge is -2.39. The van der Waals surface area contributed by atoms with Crippen molar-refractivity contribution >= 4 is 5.91 Å². The molecule has 1 aliphatic rings. The molecule has 4 nitrogen and oxygen atoms in total. The van der Waals surface area contributed by atoms with E-state index in [2.05, 4.69) is 31.0 Å². The number of nitrogens with one attached hydrogen (secondary N) is 1. The van der Waals surface area contributed by atoms with Crippen LogP contribution in [-0.2, 0) is 4.79 Å². The summed E-state index contributed by atoms with van der Waals surface area (Å²) in [5, 5.41) is 11.7. The van der Waals surface area contributed by atoms with Crippen molar-refractivity contribution in [1.82, 2.24) is 10.2 Å². The zero-order valence-corrected chi connectivity index (χ0v) is 12.2. The number of hydrogen-bond acceptors (Lipinski definition) is 3. The molecule has 0 saturated carbocycles. The van der Waals surface area contributed by atoms with Gasteiger partial charge in [0.1, 0.15) is 0 Å². The van der Waals surface area contributed by atoms with Crippen molar-refractivity contribution in [3.63, 3.8) is 0 Å². The molecule has 0 aromatic heterocycles. The van der Waals surface area contributed by atoms with Crippen LogP contribution < -0.4 is 5.32 Å². The summed E-state index contributed by atoms with van der Waals surface area (Å²) in [5.74, 6) is 0.681. The number of nitrogens with zero attached hydrogens (tertiary/aromatic N) is 1. The Hall–Kier alpha value is -0.610. The van der Waals surface area contributed by atoms with Gasteiger partial charge in [0, 0.05) is 12.6 Å². The molecule has 106 valence electrons. The first-order valence-electron chi connectivity index (χ1n) is 6.95. The molecule has 1 rings (SSSR count). The van der Waals surface area contributed by atoms with Crippen LogP contribution in [0.2, 0.25) is 0 Å². The van der Waals surface area contributed by atoms with Crippen molar-refractivity contribution in [1.29, 1.82) is 0 Å².